The van der Waals surface area contributed by atoms with Crippen molar-refractivity contribution in [2.24, 2.45) is 0 Å². The number of hydrogen-bond donors (Lipinski definition) is 0. The molecular weight excluding hydrogens is 144 g/mol. The van der Waals surface area contributed by atoms with Crippen LogP contribution in [0, 0.1) is 6.92 Å². The first kappa shape index (κ1) is 8.84. The Bertz CT molecular complexity index is 10.8. The maximum atomic E-state index is 3.25. The summed E-state index contributed by atoms with van der Waals surface area (Å²) in [5, 5.41) is 0. The second-order valence-corrected chi connectivity index (χ2v) is 0.289. The molecule has 0 aliphatic carbocycles. The Labute approximate surface area is 42.4 Å². The Hall–Kier alpha value is 0.350. The summed E-state index contributed by atoms with van der Waals surface area (Å²) in [6.07, 6.45) is 1.50. The summed E-state index contributed by atoms with van der Waals surface area (Å²) < 4.78 is 0. The second kappa shape index (κ2) is 10.2. The molecule has 0 aromatic rings. The van der Waals surface area contributed by atoms with Crippen LogP contribution in [-0.4, -0.2) is 0 Å². The van der Waals surface area contributed by atoms with Crippen LogP contribution < -0.4 is 0 Å². The van der Waals surface area contributed by atoms with E-state index in [-0.39, 0.29) is 22.4 Å². The van der Waals surface area contributed by atoms with E-state index in [9.17, 15) is 0 Å². The third-order valence-corrected chi connectivity index (χ3v) is 0. The van der Waals surface area contributed by atoms with Gasteiger partial charge in [0.2, 0.25) is 0 Å². The van der Waals surface area contributed by atoms with Crippen molar-refractivity contribution in [1.29, 1.82) is 0 Å². The van der Waals surface area contributed by atoms with E-state index in [4.69, 9.17) is 0 Å². The predicted octanol–water partition coefficient (Wildman–Crippen LogP) is 1.00. The maximum Gasteiger partial charge on any atom is 1.00 e. The van der Waals surface area contributed by atoms with E-state index in [1.807, 2.05) is 0 Å². The zero-order chi connectivity index (χ0) is 2.71. The molecule has 0 radical (unpaired) electrons. The van der Waals surface area contributed by atoms with Gasteiger partial charge in [-0.15, -0.1) is 0 Å². The molecule has 0 fully saturated rings. The van der Waals surface area contributed by atoms with E-state index in [1.165, 1.54) is 6.08 Å². The zero-order valence-corrected chi connectivity index (χ0v) is 3.78. The van der Waals surface area contributed by atoms with Gasteiger partial charge in [0.1, 0.15) is 0 Å². The van der Waals surface area contributed by atoms with Gasteiger partial charge in [0.05, 0.1) is 0 Å². The molecule has 0 aromatic heterocycles. The van der Waals surface area contributed by atoms with Gasteiger partial charge in [0.25, 0.3) is 0 Å². The number of allylic oxidation sites excluding steroid dienone is 1. The Morgan fingerprint density at radius 2 is 1.75 bits per heavy atom. The summed E-state index contributed by atoms with van der Waals surface area (Å²) in [6, 6.07) is 0. The molecule has 28 valence electrons. The molecule has 0 aliphatic rings. The Morgan fingerprint density at radius 3 is 1.75 bits per heavy atom. The third kappa shape index (κ3) is 34.9. The van der Waals surface area contributed by atoms with Crippen molar-refractivity contribution < 1.29 is 22.4 Å². The van der Waals surface area contributed by atoms with Crippen molar-refractivity contribution >= 4 is 0 Å². The molecule has 0 bridgehead atoms. The van der Waals surface area contributed by atoms with Crippen molar-refractivity contribution in [2.45, 2.75) is 0 Å². The minimum Gasteiger partial charge on any atom is -0.245 e. The van der Waals surface area contributed by atoms with Gasteiger partial charge in [-0.05, 0) is 0 Å². The molecule has 0 heterocycles. The molecule has 0 spiro atoms. The monoisotopic (exact) mass is 148 g/mol. The first-order chi connectivity index (χ1) is 1.41. The van der Waals surface area contributed by atoms with Gasteiger partial charge >= 0.3 is 22.4 Å². The molecule has 1 heteroatoms. The topological polar surface area (TPSA) is 0 Å². The molecule has 0 saturated heterocycles. The van der Waals surface area contributed by atoms with Gasteiger partial charge in [-0.2, -0.15) is 0 Å². The van der Waals surface area contributed by atoms with E-state index in [2.05, 4.69) is 13.5 Å². The van der Waals surface area contributed by atoms with E-state index < -0.39 is 0 Å². The summed E-state index contributed by atoms with van der Waals surface area (Å²) in [5.74, 6) is 0. The van der Waals surface area contributed by atoms with E-state index in [0.29, 0.717) is 0 Å². The minimum absolute atomic E-state index is 0. The summed E-state index contributed by atoms with van der Waals surface area (Å²) in [7, 11) is 0. The maximum absolute atomic E-state index is 3.25. The summed E-state index contributed by atoms with van der Waals surface area (Å²) in [6.45, 7) is 6.50. The Kier molecular flexibility index (Phi) is 22.4. The molecule has 0 amide bonds. The van der Waals surface area contributed by atoms with Crippen LogP contribution in [-0.2, 0) is 22.4 Å². The van der Waals surface area contributed by atoms with Crippen LogP contribution >= 0.6 is 0 Å². The van der Waals surface area contributed by atoms with Crippen LogP contribution in [0.2, 0.25) is 0 Å². The molecule has 0 saturated carbocycles. The Balaban J connectivity index is 0. The van der Waals surface area contributed by atoms with E-state index >= 15 is 0 Å². The summed E-state index contributed by atoms with van der Waals surface area (Å²) in [4.78, 5) is 0. The molecule has 0 unspecified atom stereocenters. The van der Waals surface area contributed by atoms with Crippen LogP contribution in [0.4, 0.5) is 0 Å². The minimum atomic E-state index is 0. The summed E-state index contributed by atoms with van der Waals surface area (Å²) >= 11 is 0. The molecule has 0 atom stereocenters. The summed E-state index contributed by atoms with van der Waals surface area (Å²) in [5.41, 5.74) is 0. The van der Waals surface area contributed by atoms with E-state index in [0.717, 1.165) is 0 Å². The van der Waals surface area contributed by atoms with Crippen LogP contribution in [0.3, 0.4) is 0 Å². The van der Waals surface area contributed by atoms with Crippen molar-refractivity contribution in [3.05, 3.63) is 19.6 Å². The quantitative estimate of drug-likeness (QED) is 0.356. The average molecular weight is 149 g/mol. The van der Waals surface area contributed by atoms with Crippen LogP contribution in [0.1, 0.15) is 0 Å². The zero-order valence-electron chi connectivity index (χ0n) is 2.29. The van der Waals surface area contributed by atoms with Crippen LogP contribution in [0.15, 0.2) is 12.7 Å². The Morgan fingerprint density at radius 1 is 1.75 bits per heavy atom. The fraction of sp³-hybridized carbons (Fsp3) is 0. The fourth-order valence-corrected chi connectivity index (χ4v) is 0. The normalized spacial score (nSPS) is 3.00. The van der Waals surface area contributed by atoms with Gasteiger partial charge in [-0.3, -0.25) is 0 Å². The van der Waals surface area contributed by atoms with Crippen molar-refractivity contribution in [3.63, 3.8) is 0 Å². The third-order valence-electron chi connectivity index (χ3n) is 0. The first-order valence-electron chi connectivity index (χ1n) is 0.816. The molecule has 0 nitrogen and oxygen atoms in total. The SMILES string of the molecule is C=C[CH2-].[Ag+]. The van der Waals surface area contributed by atoms with Gasteiger partial charge in [0.15, 0.2) is 0 Å². The van der Waals surface area contributed by atoms with Crippen molar-refractivity contribution in [2.75, 3.05) is 0 Å². The molecule has 0 aromatic carbocycles. The van der Waals surface area contributed by atoms with Gasteiger partial charge in [-0.1, -0.05) is 0 Å². The van der Waals surface area contributed by atoms with Gasteiger partial charge in [0, 0.05) is 0 Å². The molecule has 0 aliphatic heterocycles. The fourth-order valence-electron chi connectivity index (χ4n) is 0. The van der Waals surface area contributed by atoms with Crippen LogP contribution in [0.5, 0.6) is 0 Å². The predicted molar refractivity (Wildman–Crippen MR) is 15.6 cm³/mol. The molecule has 0 rings (SSSR count). The standard InChI is InChI=1S/C3H5.Ag/c1-3-2;/h3H,1-2H2;/q-1;+1. The molecule has 0 N–H and O–H groups in total. The molecule has 4 heavy (non-hydrogen) atoms. The van der Waals surface area contributed by atoms with Crippen molar-refractivity contribution in [3.8, 4) is 0 Å². The average Bonchev–Trinajstić information content (AvgIpc) is 0.918. The van der Waals surface area contributed by atoms with Crippen LogP contribution in [0.25, 0.3) is 0 Å². The second-order valence-electron chi connectivity index (χ2n) is 0.289. The first-order valence-corrected chi connectivity index (χ1v) is 0.816. The van der Waals surface area contributed by atoms with Gasteiger partial charge < -0.3 is 0 Å². The largest absolute Gasteiger partial charge is 1.00 e. The smallest absolute Gasteiger partial charge is 0.245 e. The number of rotatable bonds is 0. The number of hydrogen-bond acceptors (Lipinski definition) is 0. The van der Waals surface area contributed by atoms with E-state index in [1.54, 1.807) is 0 Å². The molecular formula is C3H5Ag. The van der Waals surface area contributed by atoms with Gasteiger partial charge in [-0.25, -0.2) is 19.6 Å². The van der Waals surface area contributed by atoms with Crippen molar-refractivity contribution in [1.82, 2.24) is 0 Å².